The summed E-state index contributed by atoms with van der Waals surface area (Å²) in [6.45, 7) is -0.810. The fourth-order valence-electron chi connectivity index (χ4n) is 2.44. The number of aliphatic hydroxyl groups excluding tert-OH is 3. The molecule has 6 nitrogen and oxygen atoms in total. The van der Waals surface area contributed by atoms with E-state index in [0.717, 1.165) is 25.7 Å². The van der Waals surface area contributed by atoms with Gasteiger partial charge in [0, 0.05) is 12.6 Å². The Morgan fingerprint density at radius 1 is 1.17 bits per heavy atom. The van der Waals surface area contributed by atoms with Gasteiger partial charge in [-0.15, -0.1) is 0 Å². The van der Waals surface area contributed by atoms with Crippen LogP contribution in [-0.2, 0) is 4.79 Å². The Bertz CT molecular complexity index is 294. The Morgan fingerprint density at radius 3 is 2.28 bits per heavy atom. The average Bonchev–Trinajstić information content (AvgIpc) is 3.20. The van der Waals surface area contributed by atoms with Gasteiger partial charge in [-0.3, -0.25) is 4.79 Å². The van der Waals surface area contributed by atoms with Crippen molar-refractivity contribution in [3.8, 4) is 0 Å². The minimum Gasteiger partial charge on any atom is -0.394 e. The SMILES string of the molecule is O=C1C(NC2CC2)CCCN1C(CO)(CO)CO. The van der Waals surface area contributed by atoms with Crippen molar-refractivity contribution < 1.29 is 20.1 Å². The third kappa shape index (κ3) is 2.51. The smallest absolute Gasteiger partial charge is 0.240 e. The zero-order valence-corrected chi connectivity index (χ0v) is 10.5. The van der Waals surface area contributed by atoms with Gasteiger partial charge in [0.05, 0.1) is 25.9 Å². The Labute approximate surface area is 107 Å². The van der Waals surface area contributed by atoms with Crippen LogP contribution in [0.3, 0.4) is 0 Å². The molecule has 1 amide bonds. The molecule has 0 aromatic rings. The molecule has 6 heteroatoms. The first-order chi connectivity index (χ1) is 8.66. The summed E-state index contributed by atoms with van der Waals surface area (Å²) in [5.41, 5.74) is -1.24. The number of aliphatic hydroxyl groups is 3. The third-order valence-electron chi connectivity index (χ3n) is 3.91. The predicted molar refractivity (Wildman–Crippen MR) is 64.9 cm³/mol. The van der Waals surface area contributed by atoms with Crippen LogP contribution in [0, 0.1) is 0 Å². The predicted octanol–water partition coefficient (Wildman–Crippen LogP) is -1.55. The number of hydrogen-bond acceptors (Lipinski definition) is 5. The van der Waals surface area contributed by atoms with Crippen molar-refractivity contribution >= 4 is 5.91 Å². The Balaban J connectivity index is 2.08. The number of carbonyl (C=O) groups excluding carboxylic acids is 1. The molecule has 1 aliphatic carbocycles. The summed E-state index contributed by atoms with van der Waals surface area (Å²) >= 11 is 0. The van der Waals surface area contributed by atoms with E-state index < -0.39 is 25.4 Å². The van der Waals surface area contributed by atoms with Crippen molar-refractivity contribution in [1.82, 2.24) is 10.2 Å². The van der Waals surface area contributed by atoms with Crippen molar-refractivity contribution in [3.63, 3.8) is 0 Å². The molecule has 0 aromatic heterocycles. The summed E-state index contributed by atoms with van der Waals surface area (Å²) in [6.07, 6.45) is 3.81. The summed E-state index contributed by atoms with van der Waals surface area (Å²) < 4.78 is 0. The van der Waals surface area contributed by atoms with Gasteiger partial charge in [-0.25, -0.2) is 0 Å². The van der Waals surface area contributed by atoms with E-state index >= 15 is 0 Å². The van der Waals surface area contributed by atoms with Gasteiger partial charge in [-0.1, -0.05) is 0 Å². The summed E-state index contributed by atoms with van der Waals surface area (Å²) in [5.74, 6) is -0.120. The summed E-state index contributed by atoms with van der Waals surface area (Å²) in [7, 11) is 0. The standard InChI is InChI=1S/C12H22N2O4/c15-6-12(7-16,8-17)14-5-1-2-10(11(14)18)13-9-3-4-9/h9-10,13,15-17H,1-8H2. The number of piperidine rings is 1. The molecule has 0 aromatic carbocycles. The Hall–Kier alpha value is -0.690. The largest absolute Gasteiger partial charge is 0.394 e. The first kappa shape index (κ1) is 13.7. The zero-order chi connectivity index (χ0) is 13.2. The van der Waals surface area contributed by atoms with Crippen molar-refractivity contribution in [2.24, 2.45) is 0 Å². The molecule has 0 spiro atoms. The maximum Gasteiger partial charge on any atom is 0.240 e. The van der Waals surface area contributed by atoms with Crippen LogP contribution in [0.15, 0.2) is 0 Å². The summed E-state index contributed by atoms with van der Waals surface area (Å²) in [4.78, 5) is 13.8. The van der Waals surface area contributed by atoms with Crippen LogP contribution >= 0.6 is 0 Å². The van der Waals surface area contributed by atoms with E-state index in [1.165, 1.54) is 4.90 Å². The van der Waals surface area contributed by atoms with Crippen LogP contribution in [0.1, 0.15) is 25.7 Å². The van der Waals surface area contributed by atoms with E-state index in [-0.39, 0.29) is 11.9 Å². The van der Waals surface area contributed by atoms with Gasteiger partial charge in [0.15, 0.2) is 0 Å². The molecule has 1 atom stereocenters. The molecule has 0 bridgehead atoms. The molecule has 2 rings (SSSR count). The van der Waals surface area contributed by atoms with Crippen LogP contribution in [0.2, 0.25) is 0 Å². The number of nitrogens with zero attached hydrogens (tertiary/aromatic N) is 1. The zero-order valence-electron chi connectivity index (χ0n) is 10.5. The lowest BCUT2D eigenvalue weighted by Crippen LogP contribution is -2.65. The van der Waals surface area contributed by atoms with Crippen LogP contribution in [-0.4, -0.2) is 70.1 Å². The topological polar surface area (TPSA) is 93.0 Å². The van der Waals surface area contributed by atoms with E-state index in [0.29, 0.717) is 12.6 Å². The highest BCUT2D eigenvalue weighted by molar-refractivity contribution is 5.83. The second-order valence-electron chi connectivity index (χ2n) is 5.32. The quantitative estimate of drug-likeness (QED) is 0.463. The molecule has 1 heterocycles. The van der Waals surface area contributed by atoms with Crippen molar-refractivity contribution in [2.45, 2.75) is 43.3 Å². The van der Waals surface area contributed by atoms with Gasteiger partial charge in [0.25, 0.3) is 0 Å². The molecule has 1 unspecified atom stereocenters. The fourth-order valence-corrected chi connectivity index (χ4v) is 2.44. The lowest BCUT2D eigenvalue weighted by Gasteiger charge is -2.44. The molecule has 4 N–H and O–H groups in total. The lowest BCUT2D eigenvalue weighted by atomic mass is 9.94. The normalized spacial score (nSPS) is 25.6. The molecule has 104 valence electrons. The van der Waals surface area contributed by atoms with Crippen molar-refractivity contribution in [1.29, 1.82) is 0 Å². The van der Waals surface area contributed by atoms with Gasteiger partial charge in [-0.2, -0.15) is 0 Å². The third-order valence-corrected chi connectivity index (χ3v) is 3.91. The first-order valence-corrected chi connectivity index (χ1v) is 6.57. The molecule has 18 heavy (non-hydrogen) atoms. The van der Waals surface area contributed by atoms with Crippen LogP contribution in [0.5, 0.6) is 0 Å². The van der Waals surface area contributed by atoms with E-state index in [1.807, 2.05) is 0 Å². The van der Waals surface area contributed by atoms with Gasteiger partial charge in [0.2, 0.25) is 5.91 Å². The van der Waals surface area contributed by atoms with E-state index in [2.05, 4.69) is 5.32 Å². The van der Waals surface area contributed by atoms with Crippen LogP contribution < -0.4 is 5.32 Å². The monoisotopic (exact) mass is 258 g/mol. The highest BCUT2D eigenvalue weighted by atomic mass is 16.3. The summed E-state index contributed by atoms with van der Waals surface area (Å²) in [6, 6.07) is 0.195. The number of carbonyl (C=O) groups is 1. The number of likely N-dealkylation sites (tertiary alicyclic amines) is 1. The fraction of sp³-hybridized carbons (Fsp3) is 0.917. The van der Waals surface area contributed by atoms with Crippen molar-refractivity contribution in [2.75, 3.05) is 26.4 Å². The Kier molecular flexibility index (Phi) is 4.21. The lowest BCUT2D eigenvalue weighted by molar-refractivity contribution is -0.151. The molecule has 1 aliphatic heterocycles. The minimum absolute atomic E-state index is 0.120. The number of amides is 1. The molecule has 1 saturated heterocycles. The second-order valence-corrected chi connectivity index (χ2v) is 5.32. The average molecular weight is 258 g/mol. The van der Waals surface area contributed by atoms with Crippen molar-refractivity contribution in [3.05, 3.63) is 0 Å². The van der Waals surface area contributed by atoms with E-state index in [9.17, 15) is 20.1 Å². The molecule has 0 radical (unpaired) electrons. The first-order valence-electron chi connectivity index (χ1n) is 6.57. The summed E-state index contributed by atoms with van der Waals surface area (Å²) in [5, 5.41) is 31.5. The van der Waals surface area contributed by atoms with Crippen LogP contribution in [0.4, 0.5) is 0 Å². The number of nitrogens with one attached hydrogen (secondary N) is 1. The molecule has 2 fully saturated rings. The number of rotatable bonds is 6. The van der Waals surface area contributed by atoms with Gasteiger partial charge in [-0.05, 0) is 25.7 Å². The highest BCUT2D eigenvalue weighted by Crippen LogP contribution is 2.25. The Morgan fingerprint density at radius 2 is 1.78 bits per heavy atom. The van der Waals surface area contributed by atoms with E-state index in [4.69, 9.17) is 0 Å². The second kappa shape index (κ2) is 5.52. The number of hydrogen-bond donors (Lipinski definition) is 4. The van der Waals surface area contributed by atoms with Gasteiger partial charge >= 0.3 is 0 Å². The minimum atomic E-state index is -1.24. The van der Waals surface area contributed by atoms with E-state index in [1.54, 1.807) is 0 Å². The highest BCUT2D eigenvalue weighted by Gasteiger charge is 2.43. The molecular weight excluding hydrogens is 236 g/mol. The molecular formula is C12H22N2O4. The maximum absolute atomic E-state index is 12.3. The van der Waals surface area contributed by atoms with Gasteiger partial charge < -0.3 is 25.5 Å². The molecule has 1 saturated carbocycles. The van der Waals surface area contributed by atoms with Crippen LogP contribution in [0.25, 0.3) is 0 Å². The molecule has 2 aliphatic rings. The maximum atomic E-state index is 12.3. The van der Waals surface area contributed by atoms with Gasteiger partial charge in [0.1, 0.15) is 5.54 Å².